The summed E-state index contributed by atoms with van der Waals surface area (Å²) in [5.74, 6) is -0.382. The summed E-state index contributed by atoms with van der Waals surface area (Å²) >= 11 is 1.58. The molecule has 0 aromatic rings. The third-order valence-corrected chi connectivity index (χ3v) is 3.82. The normalized spacial score (nSPS) is 26.9. The van der Waals surface area contributed by atoms with Gasteiger partial charge in [-0.1, -0.05) is 0 Å². The van der Waals surface area contributed by atoms with Crippen LogP contribution in [0.1, 0.15) is 27.2 Å². The van der Waals surface area contributed by atoms with Gasteiger partial charge in [0, 0.05) is 22.6 Å². The first-order chi connectivity index (χ1) is 6.83. The number of rotatable bonds is 3. The molecule has 0 aromatic heterocycles. The Labute approximate surface area is 93.8 Å². The van der Waals surface area contributed by atoms with Crippen LogP contribution in [0.15, 0.2) is 4.99 Å². The van der Waals surface area contributed by atoms with Gasteiger partial charge in [-0.05, 0) is 20.8 Å². The molecule has 0 aliphatic carbocycles. The second-order valence-electron chi connectivity index (χ2n) is 4.30. The van der Waals surface area contributed by atoms with Gasteiger partial charge in [-0.3, -0.25) is 4.99 Å². The lowest BCUT2D eigenvalue weighted by atomic mass is 10.0. The van der Waals surface area contributed by atoms with E-state index in [9.17, 15) is 9.90 Å². The van der Waals surface area contributed by atoms with Crippen molar-refractivity contribution in [3.63, 3.8) is 0 Å². The van der Waals surface area contributed by atoms with Crippen LogP contribution in [-0.4, -0.2) is 44.5 Å². The first kappa shape index (κ1) is 12.5. The fourth-order valence-corrected chi connectivity index (χ4v) is 2.55. The number of thioether (sulfide) groups is 1. The highest BCUT2D eigenvalue weighted by molar-refractivity contribution is 8.01. The molecular formula is C10H17NO3S. The van der Waals surface area contributed by atoms with E-state index in [0.717, 1.165) is 5.71 Å². The fraction of sp³-hybridized carbons (Fsp3) is 0.800. The Morgan fingerprint density at radius 2 is 2.33 bits per heavy atom. The molecule has 1 heterocycles. The quantitative estimate of drug-likeness (QED) is 0.765. The lowest BCUT2D eigenvalue weighted by Crippen LogP contribution is -2.39. The molecule has 2 atom stereocenters. The molecule has 0 spiro atoms. The monoisotopic (exact) mass is 231 g/mol. The highest BCUT2D eigenvalue weighted by Gasteiger charge is 2.34. The number of aliphatic hydroxyl groups is 1. The zero-order chi connectivity index (χ0) is 11.6. The van der Waals surface area contributed by atoms with Crippen molar-refractivity contribution in [3.05, 3.63) is 0 Å². The van der Waals surface area contributed by atoms with Crippen LogP contribution in [0.3, 0.4) is 0 Å². The molecule has 86 valence electrons. The van der Waals surface area contributed by atoms with E-state index in [1.807, 2.05) is 13.8 Å². The predicted octanol–water partition coefficient (Wildman–Crippen LogP) is 1.18. The van der Waals surface area contributed by atoms with Crippen molar-refractivity contribution in [1.82, 2.24) is 0 Å². The fourth-order valence-electron chi connectivity index (χ4n) is 1.46. The Bertz CT molecular complexity index is 286. The second-order valence-corrected chi connectivity index (χ2v) is 5.95. The van der Waals surface area contributed by atoms with Gasteiger partial charge in [-0.2, -0.15) is 0 Å². The summed E-state index contributed by atoms with van der Waals surface area (Å²) in [7, 11) is 0. The van der Waals surface area contributed by atoms with E-state index >= 15 is 0 Å². The molecule has 1 unspecified atom stereocenters. The predicted molar refractivity (Wildman–Crippen MR) is 61.7 cm³/mol. The number of hydrogen-bond donors (Lipinski definition) is 2. The van der Waals surface area contributed by atoms with Gasteiger partial charge >= 0.3 is 5.97 Å². The molecule has 0 radical (unpaired) electrons. The maximum absolute atomic E-state index is 10.8. The minimum absolute atomic E-state index is 0.164. The molecule has 1 aliphatic rings. The Morgan fingerprint density at radius 3 is 2.80 bits per heavy atom. The van der Waals surface area contributed by atoms with Crippen LogP contribution >= 0.6 is 11.8 Å². The number of carboxylic acids is 1. The van der Waals surface area contributed by atoms with Crippen LogP contribution in [0.25, 0.3) is 0 Å². The van der Waals surface area contributed by atoms with Crippen molar-refractivity contribution in [2.24, 2.45) is 4.99 Å². The van der Waals surface area contributed by atoms with Gasteiger partial charge in [0.1, 0.15) is 0 Å². The minimum atomic E-state index is -0.888. The molecule has 5 heteroatoms. The maximum Gasteiger partial charge on any atom is 0.329 e. The molecule has 0 bridgehead atoms. The summed E-state index contributed by atoms with van der Waals surface area (Å²) in [6.07, 6.45) is -0.0276. The van der Waals surface area contributed by atoms with Crippen molar-refractivity contribution < 1.29 is 15.0 Å². The topological polar surface area (TPSA) is 69.9 Å². The van der Waals surface area contributed by atoms with Crippen molar-refractivity contribution in [2.75, 3.05) is 5.75 Å². The van der Waals surface area contributed by atoms with Gasteiger partial charge < -0.3 is 10.2 Å². The van der Waals surface area contributed by atoms with E-state index in [-0.39, 0.29) is 4.75 Å². The summed E-state index contributed by atoms with van der Waals surface area (Å²) in [5.41, 5.74) is 0.793. The Balaban J connectivity index is 2.87. The van der Waals surface area contributed by atoms with E-state index in [1.54, 1.807) is 18.7 Å². The summed E-state index contributed by atoms with van der Waals surface area (Å²) in [6, 6.07) is -0.656. The molecule has 0 fully saturated rings. The molecule has 1 rings (SSSR count). The molecule has 2 N–H and O–H groups in total. The smallest absolute Gasteiger partial charge is 0.329 e. The SMILES string of the molecule is CC(O)CC1=N[C@@H](C(=O)O)CSC1(C)C. The van der Waals surface area contributed by atoms with Gasteiger partial charge in [0.25, 0.3) is 0 Å². The number of aliphatic imine (C=N–C) groups is 1. The van der Waals surface area contributed by atoms with Crippen LogP contribution in [-0.2, 0) is 4.79 Å². The number of carbonyl (C=O) groups is 1. The zero-order valence-corrected chi connectivity index (χ0v) is 10.0. The molecule has 1 aliphatic heterocycles. The lowest BCUT2D eigenvalue weighted by molar-refractivity contribution is -0.137. The van der Waals surface area contributed by atoms with Crippen molar-refractivity contribution in [2.45, 2.75) is 44.1 Å². The van der Waals surface area contributed by atoms with Crippen LogP contribution in [0, 0.1) is 0 Å². The molecule has 0 saturated heterocycles. The summed E-state index contributed by atoms with van der Waals surface area (Å²) < 4.78 is -0.164. The van der Waals surface area contributed by atoms with Gasteiger partial charge in [-0.25, -0.2) is 4.79 Å². The van der Waals surface area contributed by atoms with E-state index in [4.69, 9.17) is 5.11 Å². The number of nitrogens with zero attached hydrogens (tertiary/aromatic N) is 1. The van der Waals surface area contributed by atoms with E-state index in [0.29, 0.717) is 12.2 Å². The molecule has 0 aromatic carbocycles. The van der Waals surface area contributed by atoms with Crippen molar-refractivity contribution in [3.8, 4) is 0 Å². The largest absolute Gasteiger partial charge is 0.480 e. The van der Waals surface area contributed by atoms with Crippen molar-refractivity contribution in [1.29, 1.82) is 0 Å². The molecule has 0 amide bonds. The second kappa shape index (κ2) is 4.53. The van der Waals surface area contributed by atoms with Crippen LogP contribution in [0.4, 0.5) is 0 Å². The Hall–Kier alpha value is -0.550. The number of carboxylic acid groups (broad SMARTS) is 1. The molecule has 0 saturated carbocycles. The minimum Gasteiger partial charge on any atom is -0.480 e. The molecular weight excluding hydrogens is 214 g/mol. The van der Waals surface area contributed by atoms with E-state index in [2.05, 4.69) is 4.99 Å². The van der Waals surface area contributed by atoms with Crippen LogP contribution < -0.4 is 0 Å². The van der Waals surface area contributed by atoms with E-state index in [1.165, 1.54) is 0 Å². The highest BCUT2D eigenvalue weighted by Crippen LogP contribution is 2.33. The maximum atomic E-state index is 10.8. The third-order valence-electron chi connectivity index (χ3n) is 2.38. The summed E-state index contributed by atoms with van der Waals surface area (Å²) in [5, 5.41) is 18.2. The summed E-state index contributed by atoms with van der Waals surface area (Å²) in [6.45, 7) is 5.71. The average Bonchev–Trinajstić information content (AvgIpc) is 2.07. The van der Waals surface area contributed by atoms with Gasteiger partial charge in [0.05, 0.1) is 6.10 Å². The highest BCUT2D eigenvalue weighted by atomic mass is 32.2. The summed E-state index contributed by atoms with van der Waals surface area (Å²) in [4.78, 5) is 15.0. The van der Waals surface area contributed by atoms with Crippen LogP contribution in [0.5, 0.6) is 0 Å². The molecule has 15 heavy (non-hydrogen) atoms. The zero-order valence-electron chi connectivity index (χ0n) is 9.23. The Kier molecular flexibility index (Phi) is 3.78. The van der Waals surface area contributed by atoms with Gasteiger partial charge in [0.15, 0.2) is 6.04 Å². The van der Waals surface area contributed by atoms with Crippen LogP contribution in [0.2, 0.25) is 0 Å². The Morgan fingerprint density at radius 1 is 1.73 bits per heavy atom. The number of aliphatic carboxylic acids is 1. The third kappa shape index (κ3) is 3.21. The number of aliphatic hydroxyl groups excluding tert-OH is 1. The molecule has 4 nitrogen and oxygen atoms in total. The standard InChI is InChI=1S/C10H17NO3S/c1-6(12)4-8-10(2,3)15-5-7(11-8)9(13)14/h6-7,12H,4-5H2,1-3H3,(H,13,14)/t6?,7-/m1/s1. The first-order valence-electron chi connectivity index (χ1n) is 4.95. The van der Waals surface area contributed by atoms with E-state index < -0.39 is 18.1 Å². The lowest BCUT2D eigenvalue weighted by Gasteiger charge is -2.32. The van der Waals surface area contributed by atoms with Gasteiger partial charge in [-0.15, -0.1) is 11.8 Å². The number of hydrogen-bond acceptors (Lipinski definition) is 4. The van der Waals surface area contributed by atoms with Gasteiger partial charge in [0.2, 0.25) is 0 Å². The van der Waals surface area contributed by atoms with Crippen molar-refractivity contribution >= 4 is 23.4 Å². The first-order valence-corrected chi connectivity index (χ1v) is 5.93. The average molecular weight is 231 g/mol.